The molecule has 1 nitrogen and oxygen atoms in total. The fourth-order valence-electron chi connectivity index (χ4n) is 6.80. The average molecular weight is 512 g/mol. The van der Waals surface area contributed by atoms with E-state index < -0.39 is 0 Å². The lowest BCUT2D eigenvalue weighted by Gasteiger charge is -2.28. The predicted molar refractivity (Wildman–Crippen MR) is 171 cm³/mol. The van der Waals surface area contributed by atoms with Crippen molar-refractivity contribution in [2.45, 2.75) is 19.3 Å². The van der Waals surface area contributed by atoms with E-state index in [1.807, 2.05) is 0 Å². The molecule has 0 fully saturated rings. The highest BCUT2D eigenvalue weighted by Crippen LogP contribution is 2.50. The molecule has 0 atom stereocenters. The maximum absolute atomic E-state index is 2.41. The summed E-state index contributed by atoms with van der Waals surface area (Å²) in [6.45, 7) is 4.70. The molecule has 0 saturated heterocycles. The van der Waals surface area contributed by atoms with E-state index in [9.17, 15) is 0 Å². The molecule has 0 unspecified atom stereocenters. The van der Waals surface area contributed by atoms with Crippen molar-refractivity contribution in [2.75, 3.05) is 4.90 Å². The van der Waals surface area contributed by atoms with E-state index in [4.69, 9.17) is 0 Å². The van der Waals surface area contributed by atoms with Crippen LogP contribution >= 0.6 is 0 Å². The molecule has 7 aromatic rings. The van der Waals surface area contributed by atoms with Crippen molar-refractivity contribution in [3.63, 3.8) is 0 Å². The first kappa shape index (κ1) is 23.0. The molecule has 0 spiro atoms. The number of anilines is 3. The Morgan fingerprint density at radius 2 is 1.00 bits per heavy atom. The monoisotopic (exact) mass is 511 g/mol. The van der Waals surface area contributed by atoms with Gasteiger partial charge in [-0.25, -0.2) is 0 Å². The summed E-state index contributed by atoms with van der Waals surface area (Å²) in [5, 5.41) is 7.69. The highest BCUT2D eigenvalue weighted by Gasteiger charge is 2.35. The third kappa shape index (κ3) is 3.34. The number of benzene rings is 7. The van der Waals surface area contributed by atoms with E-state index in [2.05, 4.69) is 158 Å². The van der Waals surface area contributed by atoms with Gasteiger partial charge in [0, 0.05) is 22.5 Å². The van der Waals surface area contributed by atoms with Crippen LogP contribution in [0.1, 0.15) is 25.0 Å². The quantitative estimate of drug-likeness (QED) is 0.213. The molecule has 0 bridgehead atoms. The number of hydrogen-bond donors (Lipinski definition) is 0. The van der Waals surface area contributed by atoms with Gasteiger partial charge in [-0.15, -0.1) is 0 Å². The topological polar surface area (TPSA) is 3.24 Å². The molecule has 8 rings (SSSR count). The second-order valence-corrected chi connectivity index (χ2v) is 11.4. The molecular formula is C39H29N. The van der Waals surface area contributed by atoms with Crippen LogP contribution in [-0.2, 0) is 5.41 Å². The van der Waals surface area contributed by atoms with E-state index in [-0.39, 0.29) is 5.41 Å². The van der Waals surface area contributed by atoms with E-state index in [1.165, 1.54) is 60.3 Å². The third-order valence-electron chi connectivity index (χ3n) is 8.83. The molecule has 1 aliphatic carbocycles. The van der Waals surface area contributed by atoms with Gasteiger partial charge in [0.1, 0.15) is 0 Å². The number of hydrogen-bond acceptors (Lipinski definition) is 1. The van der Waals surface area contributed by atoms with E-state index in [1.54, 1.807) is 0 Å². The summed E-state index contributed by atoms with van der Waals surface area (Å²) in [4.78, 5) is 2.40. The zero-order chi connectivity index (χ0) is 26.8. The summed E-state index contributed by atoms with van der Waals surface area (Å²) in [7, 11) is 0. The van der Waals surface area contributed by atoms with Gasteiger partial charge in [-0.1, -0.05) is 117 Å². The van der Waals surface area contributed by atoms with E-state index >= 15 is 0 Å². The lowest BCUT2D eigenvalue weighted by Crippen LogP contribution is -2.16. The van der Waals surface area contributed by atoms with Crippen LogP contribution in [-0.4, -0.2) is 0 Å². The molecule has 0 saturated carbocycles. The summed E-state index contributed by atoms with van der Waals surface area (Å²) in [5.41, 5.74) is 8.91. The predicted octanol–water partition coefficient (Wildman–Crippen LogP) is 10.9. The maximum atomic E-state index is 2.41. The Kier molecular flexibility index (Phi) is 4.93. The van der Waals surface area contributed by atoms with Crippen molar-refractivity contribution in [3.8, 4) is 11.1 Å². The lowest BCUT2D eigenvalue weighted by atomic mass is 9.82. The molecule has 1 aliphatic rings. The molecule has 1 heteroatoms. The zero-order valence-electron chi connectivity index (χ0n) is 22.7. The minimum Gasteiger partial charge on any atom is -0.310 e. The van der Waals surface area contributed by atoms with E-state index in [0.717, 1.165) is 11.4 Å². The summed E-state index contributed by atoms with van der Waals surface area (Å²) in [5.74, 6) is 0. The Morgan fingerprint density at radius 3 is 1.85 bits per heavy atom. The average Bonchev–Trinajstić information content (AvgIpc) is 3.23. The van der Waals surface area contributed by atoms with Crippen molar-refractivity contribution in [3.05, 3.63) is 151 Å². The molecule has 190 valence electrons. The number of rotatable bonds is 3. The zero-order valence-corrected chi connectivity index (χ0v) is 22.7. The van der Waals surface area contributed by atoms with Gasteiger partial charge in [-0.05, 0) is 91.0 Å². The van der Waals surface area contributed by atoms with Crippen LogP contribution in [0.4, 0.5) is 17.1 Å². The molecule has 40 heavy (non-hydrogen) atoms. The van der Waals surface area contributed by atoms with Crippen LogP contribution in [0.3, 0.4) is 0 Å². The van der Waals surface area contributed by atoms with Crippen LogP contribution in [0.5, 0.6) is 0 Å². The Hall–Kier alpha value is -4.88. The van der Waals surface area contributed by atoms with Crippen molar-refractivity contribution < 1.29 is 0 Å². The van der Waals surface area contributed by atoms with Gasteiger partial charge in [0.25, 0.3) is 0 Å². The van der Waals surface area contributed by atoms with Gasteiger partial charge in [-0.3, -0.25) is 0 Å². The molecule has 0 aromatic heterocycles. The van der Waals surface area contributed by atoms with Gasteiger partial charge < -0.3 is 4.90 Å². The van der Waals surface area contributed by atoms with Crippen LogP contribution < -0.4 is 4.90 Å². The highest BCUT2D eigenvalue weighted by atomic mass is 15.1. The van der Waals surface area contributed by atoms with Crippen molar-refractivity contribution >= 4 is 49.4 Å². The van der Waals surface area contributed by atoms with Crippen molar-refractivity contribution in [1.82, 2.24) is 0 Å². The first-order valence-electron chi connectivity index (χ1n) is 14.0. The standard InChI is InChI=1S/C39H29N/c1-39(2)37-15-9-8-14-34(37)35-23-20-30(25-38(35)39)40(28-11-4-3-5-12-28)29-19-16-27-18-21-32-31-13-7-6-10-26(31)17-22-33(32)36(27)24-29/h3-25H,1-2H3. The largest absolute Gasteiger partial charge is 0.310 e. The summed E-state index contributed by atoms with van der Waals surface area (Å²) >= 11 is 0. The lowest BCUT2D eigenvalue weighted by molar-refractivity contribution is 0.660. The molecule has 7 aromatic carbocycles. The van der Waals surface area contributed by atoms with Crippen LogP contribution in [0.15, 0.2) is 140 Å². The first-order chi connectivity index (χ1) is 19.6. The van der Waals surface area contributed by atoms with Gasteiger partial charge in [0.05, 0.1) is 0 Å². The molecule has 0 N–H and O–H groups in total. The number of fused-ring (bicyclic) bond motifs is 8. The molecule has 0 aliphatic heterocycles. The fourth-order valence-corrected chi connectivity index (χ4v) is 6.80. The smallest absolute Gasteiger partial charge is 0.0468 e. The second kappa shape index (κ2) is 8.56. The minimum absolute atomic E-state index is 0.0507. The second-order valence-electron chi connectivity index (χ2n) is 11.4. The van der Waals surface area contributed by atoms with Gasteiger partial charge in [-0.2, -0.15) is 0 Å². The van der Waals surface area contributed by atoms with E-state index in [0.29, 0.717) is 0 Å². The SMILES string of the molecule is CC1(C)c2ccccc2-c2ccc(N(c3ccccc3)c3ccc4ccc5c6ccccc6ccc5c4c3)cc21. The van der Waals surface area contributed by atoms with Crippen LogP contribution in [0.25, 0.3) is 43.4 Å². The number of nitrogens with zero attached hydrogens (tertiary/aromatic N) is 1. The number of para-hydroxylation sites is 1. The van der Waals surface area contributed by atoms with Gasteiger partial charge in [0.15, 0.2) is 0 Å². The first-order valence-corrected chi connectivity index (χ1v) is 14.0. The van der Waals surface area contributed by atoms with Crippen molar-refractivity contribution in [1.29, 1.82) is 0 Å². The van der Waals surface area contributed by atoms with Gasteiger partial charge in [0.2, 0.25) is 0 Å². The molecule has 0 radical (unpaired) electrons. The molecule has 0 amide bonds. The highest BCUT2D eigenvalue weighted by molar-refractivity contribution is 6.17. The van der Waals surface area contributed by atoms with Crippen LogP contribution in [0.2, 0.25) is 0 Å². The minimum atomic E-state index is -0.0507. The molecular weight excluding hydrogens is 482 g/mol. The summed E-state index contributed by atoms with van der Waals surface area (Å²) < 4.78 is 0. The summed E-state index contributed by atoms with van der Waals surface area (Å²) in [6, 6.07) is 51.2. The Labute approximate surface area is 234 Å². The Balaban J connectivity index is 1.35. The molecule has 0 heterocycles. The van der Waals surface area contributed by atoms with Gasteiger partial charge >= 0.3 is 0 Å². The Morgan fingerprint density at radius 1 is 0.400 bits per heavy atom. The fraction of sp³-hybridized carbons (Fsp3) is 0.0769. The third-order valence-corrected chi connectivity index (χ3v) is 8.83. The summed E-state index contributed by atoms with van der Waals surface area (Å²) in [6.07, 6.45) is 0. The normalized spacial score (nSPS) is 13.4. The van der Waals surface area contributed by atoms with Crippen molar-refractivity contribution in [2.24, 2.45) is 0 Å². The maximum Gasteiger partial charge on any atom is 0.0468 e. The van der Waals surface area contributed by atoms with Crippen LogP contribution in [0, 0.1) is 0 Å². The Bertz CT molecular complexity index is 2080.